The molecule has 0 amide bonds. The van der Waals surface area contributed by atoms with Gasteiger partial charge in [0.05, 0.1) is 6.04 Å². The van der Waals surface area contributed by atoms with Gasteiger partial charge >= 0.3 is 0 Å². The molecular formula is C11H22N4. The third-order valence-electron chi connectivity index (χ3n) is 2.94. The number of hydrogen-bond donors (Lipinski definition) is 2. The molecule has 4 heteroatoms. The lowest BCUT2D eigenvalue weighted by Gasteiger charge is -2.19. The first-order valence-electron chi connectivity index (χ1n) is 5.70. The van der Waals surface area contributed by atoms with E-state index in [0.29, 0.717) is 5.92 Å². The van der Waals surface area contributed by atoms with Crippen LogP contribution in [0.15, 0.2) is 12.4 Å². The molecule has 15 heavy (non-hydrogen) atoms. The van der Waals surface area contributed by atoms with Crippen molar-refractivity contribution in [3.63, 3.8) is 0 Å². The Labute approximate surface area is 91.8 Å². The maximum atomic E-state index is 5.59. The summed E-state index contributed by atoms with van der Waals surface area (Å²) in [5.41, 5.74) is 2.86. The molecule has 0 saturated heterocycles. The van der Waals surface area contributed by atoms with Crippen LogP contribution in [0.5, 0.6) is 0 Å². The maximum Gasteiger partial charge on any atom is 0.127 e. The Bertz CT molecular complexity index is 282. The van der Waals surface area contributed by atoms with Crippen molar-refractivity contribution >= 4 is 0 Å². The highest BCUT2D eigenvalue weighted by Crippen LogP contribution is 2.20. The van der Waals surface area contributed by atoms with E-state index in [1.54, 1.807) is 0 Å². The smallest absolute Gasteiger partial charge is 0.127 e. The first kappa shape index (κ1) is 12.2. The summed E-state index contributed by atoms with van der Waals surface area (Å²) in [4.78, 5) is 4.37. The Balaban J connectivity index is 2.73. The quantitative estimate of drug-likeness (QED) is 0.556. The topological polar surface area (TPSA) is 55.9 Å². The van der Waals surface area contributed by atoms with Gasteiger partial charge in [-0.2, -0.15) is 0 Å². The van der Waals surface area contributed by atoms with Gasteiger partial charge in [-0.1, -0.05) is 20.3 Å². The van der Waals surface area contributed by atoms with Crippen molar-refractivity contribution in [3.05, 3.63) is 18.2 Å². The van der Waals surface area contributed by atoms with Crippen molar-refractivity contribution in [1.29, 1.82) is 0 Å². The summed E-state index contributed by atoms with van der Waals surface area (Å²) < 4.78 is 2.13. The highest BCUT2D eigenvalue weighted by molar-refractivity contribution is 4.99. The summed E-state index contributed by atoms with van der Waals surface area (Å²) in [7, 11) is 0. The van der Waals surface area contributed by atoms with Crippen molar-refractivity contribution < 1.29 is 0 Å². The standard InChI is InChI=1S/C11H22N4/c1-4-9(3)8-10(14-12)11-13-6-7-15(11)5-2/h6-7,9-10,14H,4-5,8,12H2,1-3H3. The van der Waals surface area contributed by atoms with Crippen molar-refractivity contribution in [2.75, 3.05) is 0 Å². The fraction of sp³-hybridized carbons (Fsp3) is 0.727. The Morgan fingerprint density at radius 3 is 2.80 bits per heavy atom. The molecule has 0 fully saturated rings. The van der Waals surface area contributed by atoms with Gasteiger partial charge in [-0.25, -0.2) is 10.4 Å². The summed E-state index contributed by atoms with van der Waals surface area (Å²) in [6.07, 6.45) is 6.03. The number of aromatic nitrogens is 2. The van der Waals surface area contributed by atoms with E-state index in [2.05, 4.69) is 35.7 Å². The van der Waals surface area contributed by atoms with E-state index >= 15 is 0 Å². The second kappa shape index (κ2) is 5.88. The number of nitrogens with zero attached hydrogens (tertiary/aromatic N) is 2. The van der Waals surface area contributed by atoms with Gasteiger partial charge in [0.15, 0.2) is 0 Å². The first-order chi connectivity index (χ1) is 7.22. The molecule has 1 aromatic heterocycles. The zero-order valence-corrected chi connectivity index (χ0v) is 9.90. The first-order valence-corrected chi connectivity index (χ1v) is 5.70. The van der Waals surface area contributed by atoms with E-state index in [0.717, 1.165) is 18.8 Å². The van der Waals surface area contributed by atoms with Gasteiger partial charge in [0, 0.05) is 18.9 Å². The normalized spacial score (nSPS) is 15.2. The number of rotatable bonds is 6. The summed E-state index contributed by atoms with van der Waals surface area (Å²) in [5.74, 6) is 7.29. The number of nitrogens with one attached hydrogen (secondary N) is 1. The number of hydrazine groups is 1. The fourth-order valence-corrected chi connectivity index (χ4v) is 1.72. The van der Waals surface area contributed by atoms with Crippen LogP contribution in [-0.2, 0) is 6.54 Å². The Kier molecular flexibility index (Phi) is 4.78. The molecule has 1 heterocycles. The molecule has 0 aliphatic heterocycles. The summed E-state index contributed by atoms with van der Waals surface area (Å²) in [6, 6.07) is 0.162. The third kappa shape index (κ3) is 3.04. The van der Waals surface area contributed by atoms with Crippen LogP contribution in [0.3, 0.4) is 0 Å². The monoisotopic (exact) mass is 210 g/mol. The van der Waals surface area contributed by atoms with E-state index < -0.39 is 0 Å². The number of aryl methyl sites for hydroxylation is 1. The molecule has 0 radical (unpaired) electrons. The number of imidazole rings is 1. The lowest BCUT2D eigenvalue weighted by Crippen LogP contribution is -2.31. The average Bonchev–Trinajstić information content (AvgIpc) is 2.73. The van der Waals surface area contributed by atoms with Gasteiger partial charge in [-0.15, -0.1) is 0 Å². The lowest BCUT2D eigenvalue weighted by atomic mass is 9.99. The van der Waals surface area contributed by atoms with Gasteiger partial charge in [-0.3, -0.25) is 5.84 Å². The predicted molar refractivity (Wildman–Crippen MR) is 62.0 cm³/mol. The number of hydrogen-bond acceptors (Lipinski definition) is 3. The fourth-order valence-electron chi connectivity index (χ4n) is 1.72. The highest BCUT2D eigenvalue weighted by Gasteiger charge is 2.17. The molecule has 2 atom stereocenters. The van der Waals surface area contributed by atoms with Crippen LogP contribution in [0.4, 0.5) is 0 Å². The molecule has 0 saturated carbocycles. The van der Waals surface area contributed by atoms with Gasteiger partial charge in [0.25, 0.3) is 0 Å². The van der Waals surface area contributed by atoms with Gasteiger partial charge < -0.3 is 4.57 Å². The minimum absolute atomic E-state index is 0.162. The van der Waals surface area contributed by atoms with E-state index in [1.807, 2.05) is 12.4 Å². The second-order valence-corrected chi connectivity index (χ2v) is 4.04. The summed E-state index contributed by atoms with van der Waals surface area (Å²) in [5, 5.41) is 0. The Hall–Kier alpha value is -0.870. The van der Waals surface area contributed by atoms with Crippen molar-refractivity contribution in [3.8, 4) is 0 Å². The van der Waals surface area contributed by atoms with Crippen LogP contribution >= 0.6 is 0 Å². The second-order valence-electron chi connectivity index (χ2n) is 4.04. The van der Waals surface area contributed by atoms with Gasteiger partial charge in [0.1, 0.15) is 5.82 Å². The molecule has 4 nitrogen and oxygen atoms in total. The Morgan fingerprint density at radius 2 is 2.27 bits per heavy atom. The predicted octanol–water partition coefficient (Wildman–Crippen LogP) is 1.84. The van der Waals surface area contributed by atoms with Crippen molar-refractivity contribution in [2.24, 2.45) is 11.8 Å². The minimum Gasteiger partial charge on any atom is -0.334 e. The maximum absolute atomic E-state index is 5.59. The van der Waals surface area contributed by atoms with Crippen molar-refractivity contribution in [1.82, 2.24) is 15.0 Å². The van der Waals surface area contributed by atoms with Crippen molar-refractivity contribution in [2.45, 2.75) is 46.2 Å². The zero-order valence-electron chi connectivity index (χ0n) is 9.90. The molecule has 0 spiro atoms. The largest absolute Gasteiger partial charge is 0.334 e. The SMILES string of the molecule is CCC(C)CC(NN)c1nccn1CC. The molecule has 86 valence electrons. The molecule has 0 aromatic carbocycles. The van der Waals surface area contributed by atoms with Crippen LogP contribution in [0.25, 0.3) is 0 Å². The van der Waals surface area contributed by atoms with Gasteiger partial charge in [-0.05, 0) is 19.3 Å². The van der Waals surface area contributed by atoms with E-state index in [1.165, 1.54) is 6.42 Å². The number of nitrogens with two attached hydrogens (primary N) is 1. The van der Waals surface area contributed by atoms with Crippen LogP contribution in [0, 0.1) is 5.92 Å². The average molecular weight is 210 g/mol. The van der Waals surface area contributed by atoms with Gasteiger partial charge in [0.2, 0.25) is 0 Å². The van der Waals surface area contributed by atoms with Crippen LogP contribution < -0.4 is 11.3 Å². The van der Waals surface area contributed by atoms with Crippen LogP contribution in [-0.4, -0.2) is 9.55 Å². The minimum atomic E-state index is 0.162. The molecule has 2 unspecified atom stereocenters. The van der Waals surface area contributed by atoms with Crippen LogP contribution in [0.1, 0.15) is 45.5 Å². The van der Waals surface area contributed by atoms with E-state index in [-0.39, 0.29) is 6.04 Å². The molecule has 3 N–H and O–H groups in total. The molecule has 0 aliphatic rings. The highest BCUT2D eigenvalue weighted by atomic mass is 15.3. The molecule has 1 rings (SSSR count). The van der Waals surface area contributed by atoms with E-state index in [4.69, 9.17) is 5.84 Å². The summed E-state index contributed by atoms with van der Waals surface area (Å²) >= 11 is 0. The molecule has 1 aromatic rings. The van der Waals surface area contributed by atoms with E-state index in [9.17, 15) is 0 Å². The lowest BCUT2D eigenvalue weighted by molar-refractivity contribution is 0.385. The summed E-state index contributed by atoms with van der Waals surface area (Å²) in [6.45, 7) is 7.49. The van der Waals surface area contributed by atoms with Crippen LogP contribution in [0.2, 0.25) is 0 Å². The third-order valence-corrected chi connectivity index (χ3v) is 2.94. The molecular weight excluding hydrogens is 188 g/mol. The molecule has 0 bridgehead atoms. The molecule has 0 aliphatic carbocycles. The Morgan fingerprint density at radius 1 is 1.53 bits per heavy atom. The zero-order chi connectivity index (χ0) is 11.3.